The Morgan fingerprint density at radius 3 is 2.54 bits per heavy atom. The molecule has 1 atom stereocenters. The van der Waals surface area contributed by atoms with Crippen molar-refractivity contribution in [3.63, 3.8) is 0 Å². The van der Waals surface area contributed by atoms with Gasteiger partial charge in [-0.25, -0.2) is 22.6 Å². The molecule has 1 aliphatic rings. The highest BCUT2D eigenvalue weighted by molar-refractivity contribution is 7.89. The minimum Gasteiger partial charge on any atom is -0.393 e. The molecular formula is C22H27F3N6O3S. The Hall–Kier alpha value is -2.77. The molecule has 1 fully saturated rings. The van der Waals surface area contributed by atoms with E-state index in [1.54, 1.807) is 4.52 Å². The van der Waals surface area contributed by atoms with E-state index in [0.29, 0.717) is 29.5 Å². The van der Waals surface area contributed by atoms with Gasteiger partial charge in [0.15, 0.2) is 0 Å². The van der Waals surface area contributed by atoms with Crippen molar-refractivity contribution in [3.05, 3.63) is 36.4 Å². The number of rotatable bonds is 7. The lowest BCUT2D eigenvalue weighted by atomic mass is 9.85. The van der Waals surface area contributed by atoms with Crippen LogP contribution >= 0.6 is 0 Å². The zero-order valence-corrected chi connectivity index (χ0v) is 20.1. The number of aliphatic hydroxyl groups is 1. The lowest BCUT2D eigenvalue weighted by Crippen LogP contribution is -2.25. The van der Waals surface area contributed by atoms with E-state index in [1.165, 1.54) is 38.6 Å². The van der Waals surface area contributed by atoms with Crippen molar-refractivity contribution in [1.29, 1.82) is 0 Å². The molecule has 13 heteroatoms. The number of pyridine rings is 1. The number of halogens is 3. The predicted molar refractivity (Wildman–Crippen MR) is 123 cm³/mol. The summed E-state index contributed by atoms with van der Waals surface area (Å²) in [5.41, 5.74) is 2.58. The van der Waals surface area contributed by atoms with Crippen molar-refractivity contribution in [2.45, 2.75) is 68.2 Å². The fraction of sp³-hybridized carbons (Fsp3) is 0.500. The van der Waals surface area contributed by atoms with Gasteiger partial charge in [-0.2, -0.15) is 13.2 Å². The van der Waals surface area contributed by atoms with Crippen molar-refractivity contribution >= 4 is 21.5 Å². The van der Waals surface area contributed by atoms with Crippen LogP contribution in [0.1, 0.15) is 50.6 Å². The summed E-state index contributed by atoms with van der Waals surface area (Å²) in [6.07, 6.45) is 1.27. The first-order valence-electron chi connectivity index (χ1n) is 11.3. The van der Waals surface area contributed by atoms with E-state index >= 15 is 0 Å². The molecule has 3 aromatic heterocycles. The van der Waals surface area contributed by atoms with Gasteiger partial charge in [-0.05, 0) is 51.8 Å². The Labute approximate surface area is 200 Å². The second-order valence-electron chi connectivity index (χ2n) is 8.85. The van der Waals surface area contributed by atoms with Gasteiger partial charge < -0.3 is 10.4 Å². The van der Waals surface area contributed by atoms with Crippen LogP contribution < -0.4 is 10.0 Å². The van der Waals surface area contributed by atoms with Crippen LogP contribution in [0.4, 0.5) is 19.1 Å². The Morgan fingerprint density at radius 1 is 1.17 bits per heavy atom. The van der Waals surface area contributed by atoms with E-state index in [9.17, 15) is 26.7 Å². The van der Waals surface area contributed by atoms with Gasteiger partial charge in [0.1, 0.15) is 4.90 Å². The number of aromatic nitrogens is 4. The van der Waals surface area contributed by atoms with Gasteiger partial charge in [-0.3, -0.25) is 4.98 Å². The van der Waals surface area contributed by atoms with Gasteiger partial charge in [-0.1, -0.05) is 0 Å². The summed E-state index contributed by atoms with van der Waals surface area (Å²) >= 11 is 0. The van der Waals surface area contributed by atoms with Crippen LogP contribution in [0.15, 0.2) is 35.6 Å². The SMILES string of the molecule is CNS(=O)(=O)c1cncc(-c2cc(C3CCC(O)CC3)n3nc(N[C@@H](C)CC(F)(F)F)ncc23)c1. The molecule has 0 bridgehead atoms. The van der Waals surface area contributed by atoms with Crippen molar-refractivity contribution < 1.29 is 26.7 Å². The molecule has 0 spiro atoms. The van der Waals surface area contributed by atoms with Gasteiger partial charge in [0.25, 0.3) is 0 Å². The maximum Gasteiger partial charge on any atom is 0.391 e. The first kappa shape index (κ1) is 25.3. The number of hydrogen-bond donors (Lipinski definition) is 3. The van der Waals surface area contributed by atoms with Crippen molar-refractivity contribution in [2.75, 3.05) is 12.4 Å². The van der Waals surface area contributed by atoms with Crippen LogP contribution in [0.2, 0.25) is 0 Å². The van der Waals surface area contributed by atoms with E-state index in [1.807, 2.05) is 6.07 Å². The Balaban J connectivity index is 1.78. The Kier molecular flexibility index (Phi) is 7.02. The molecule has 1 aliphatic carbocycles. The molecule has 0 aliphatic heterocycles. The summed E-state index contributed by atoms with van der Waals surface area (Å²) in [4.78, 5) is 8.30. The summed E-state index contributed by atoms with van der Waals surface area (Å²) in [5, 5.41) is 17.1. The zero-order valence-electron chi connectivity index (χ0n) is 19.2. The van der Waals surface area contributed by atoms with Crippen molar-refractivity contribution in [3.8, 4) is 11.1 Å². The molecule has 0 aromatic carbocycles. The zero-order chi connectivity index (χ0) is 25.4. The van der Waals surface area contributed by atoms with E-state index in [2.05, 4.69) is 25.1 Å². The van der Waals surface area contributed by atoms with Crippen LogP contribution in [-0.2, 0) is 10.0 Å². The molecule has 9 nitrogen and oxygen atoms in total. The molecule has 0 amide bonds. The monoisotopic (exact) mass is 512 g/mol. The maximum atomic E-state index is 12.8. The lowest BCUT2D eigenvalue weighted by molar-refractivity contribution is -0.136. The highest BCUT2D eigenvalue weighted by Gasteiger charge is 2.31. The summed E-state index contributed by atoms with van der Waals surface area (Å²) in [7, 11) is -2.40. The maximum absolute atomic E-state index is 12.8. The van der Waals surface area contributed by atoms with E-state index in [0.717, 1.165) is 18.5 Å². The number of hydrogen-bond acceptors (Lipinski definition) is 7. The molecule has 0 radical (unpaired) electrons. The standard InChI is InChI=1S/C22H27F3N6O3S/c1-13(9-22(23,24)25)29-21-28-12-20-18(15-7-17(11-27-10-15)35(33,34)26-2)8-19(31(20)30-21)14-3-5-16(32)6-4-14/h7-8,10-14,16,26,32H,3-6,9H2,1-2H3,(H,29,30)/t13-,14?,16?/m0/s1. The molecule has 1 saturated carbocycles. The normalized spacial score (nSPS) is 20.2. The van der Waals surface area contributed by atoms with Crippen molar-refractivity contribution in [2.24, 2.45) is 0 Å². The molecule has 35 heavy (non-hydrogen) atoms. The largest absolute Gasteiger partial charge is 0.393 e. The van der Waals surface area contributed by atoms with Crippen LogP contribution in [0, 0.1) is 0 Å². The number of nitrogens with one attached hydrogen (secondary N) is 2. The van der Waals surface area contributed by atoms with E-state index in [-0.39, 0.29) is 22.9 Å². The fourth-order valence-corrected chi connectivity index (χ4v) is 5.14. The van der Waals surface area contributed by atoms with Crippen LogP contribution in [-0.4, -0.2) is 58.5 Å². The van der Waals surface area contributed by atoms with Crippen molar-refractivity contribution in [1.82, 2.24) is 24.3 Å². The second kappa shape index (κ2) is 9.70. The summed E-state index contributed by atoms with van der Waals surface area (Å²) < 4.78 is 66.8. The molecule has 3 N–H and O–H groups in total. The van der Waals surface area contributed by atoms with Crippen LogP contribution in [0.5, 0.6) is 0 Å². The number of nitrogens with zero attached hydrogens (tertiary/aromatic N) is 4. The van der Waals surface area contributed by atoms with Crippen LogP contribution in [0.25, 0.3) is 16.6 Å². The molecule has 190 valence electrons. The van der Waals surface area contributed by atoms with Gasteiger partial charge >= 0.3 is 6.18 Å². The molecule has 0 saturated heterocycles. The van der Waals surface area contributed by atoms with Gasteiger partial charge in [0.2, 0.25) is 16.0 Å². The minimum atomic E-state index is -4.32. The smallest absolute Gasteiger partial charge is 0.391 e. The lowest BCUT2D eigenvalue weighted by Gasteiger charge is -2.25. The third-order valence-electron chi connectivity index (χ3n) is 6.18. The van der Waals surface area contributed by atoms with Gasteiger partial charge in [-0.15, -0.1) is 5.10 Å². The van der Waals surface area contributed by atoms with E-state index < -0.39 is 28.7 Å². The first-order chi connectivity index (χ1) is 16.5. The topological polar surface area (TPSA) is 122 Å². The molecule has 3 heterocycles. The molecule has 3 aromatic rings. The molecule has 0 unspecified atom stereocenters. The van der Waals surface area contributed by atoms with E-state index in [4.69, 9.17) is 0 Å². The highest BCUT2D eigenvalue weighted by atomic mass is 32.2. The number of alkyl halides is 3. The number of aliphatic hydroxyl groups excluding tert-OH is 1. The first-order valence-corrected chi connectivity index (χ1v) is 12.7. The number of sulfonamides is 1. The molecular weight excluding hydrogens is 485 g/mol. The summed E-state index contributed by atoms with van der Waals surface area (Å²) in [6.45, 7) is 1.41. The Morgan fingerprint density at radius 2 is 1.89 bits per heavy atom. The fourth-order valence-electron chi connectivity index (χ4n) is 4.42. The predicted octanol–water partition coefficient (Wildman–Crippen LogP) is 3.47. The van der Waals surface area contributed by atoms with Crippen LogP contribution in [0.3, 0.4) is 0 Å². The summed E-state index contributed by atoms with van der Waals surface area (Å²) in [5.74, 6) is 0.116. The number of fused-ring (bicyclic) bond motifs is 1. The van der Waals surface area contributed by atoms with Gasteiger partial charge in [0, 0.05) is 41.2 Å². The van der Waals surface area contributed by atoms with Gasteiger partial charge in [0.05, 0.1) is 24.2 Å². The second-order valence-corrected chi connectivity index (χ2v) is 10.7. The Bertz CT molecular complexity index is 1300. The average Bonchev–Trinajstić information content (AvgIpc) is 3.17. The average molecular weight is 513 g/mol. The molecule has 4 rings (SSSR count). The third kappa shape index (κ3) is 5.73. The highest BCUT2D eigenvalue weighted by Crippen LogP contribution is 2.38. The number of anilines is 1. The summed E-state index contributed by atoms with van der Waals surface area (Å²) in [6, 6.07) is 2.46. The quantitative estimate of drug-likeness (QED) is 0.443. The minimum absolute atomic E-state index is 0.000584. The third-order valence-corrected chi connectivity index (χ3v) is 7.56.